The minimum absolute atomic E-state index is 0. The van der Waals surface area contributed by atoms with E-state index in [1.807, 2.05) is 60.7 Å². The van der Waals surface area contributed by atoms with Crippen molar-refractivity contribution in [3.8, 4) is 0 Å². The Balaban J connectivity index is -0.000000163. The molecule has 2 aromatic rings. The molecule has 2 rings (SSSR count). The molecule has 0 nitrogen and oxygen atoms in total. The Kier molecular flexibility index (Phi) is 24.9. The fourth-order valence-corrected chi connectivity index (χ4v) is 0.642. The van der Waals surface area contributed by atoms with Crippen LogP contribution in [0.3, 0.4) is 0 Å². The Morgan fingerprint density at radius 1 is 0.882 bits per heavy atom. The molecule has 0 heterocycles. The summed E-state index contributed by atoms with van der Waals surface area (Å²) in [5.41, 5.74) is 0.216. The Labute approximate surface area is 133 Å². The van der Waals surface area contributed by atoms with E-state index in [0.717, 1.165) is 0 Å². The summed E-state index contributed by atoms with van der Waals surface area (Å²) in [6.45, 7) is 4.63. The molecule has 0 fully saturated rings. The van der Waals surface area contributed by atoms with Crippen molar-refractivity contribution in [2.45, 2.75) is 19.5 Å². The van der Waals surface area contributed by atoms with Crippen LogP contribution in [0.25, 0.3) is 0 Å². The van der Waals surface area contributed by atoms with Gasteiger partial charge in [0, 0.05) is 0 Å². The first kappa shape index (κ1) is 22.6. The molecule has 0 radical (unpaired) electrons. The first-order chi connectivity index (χ1) is 7.27. The predicted molar refractivity (Wildman–Crippen MR) is 66.2 cm³/mol. The van der Waals surface area contributed by atoms with Gasteiger partial charge in [-0.05, 0) is 0 Å². The molecule has 0 aromatic heterocycles. The maximum Gasteiger partial charge on any atom is -0.172 e. The summed E-state index contributed by atoms with van der Waals surface area (Å²) in [5, 5.41) is 0. The van der Waals surface area contributed by atoms with Crippen molar-refractivity contribution in [3.05, 3.63) is 60.7 Å². The minimum Gasteiger partial charge on any atom is -1.00 e. The van der Waals surface area contributed by atoms with Gasteiger partial charge in [-0.3, -0.25) is 0 Å². The van der Waals surface area contributed by atoms with E-state index in [1.54, 1.807) is 23.3 Å². The zero-order valence-electron chi connectivity index (χ0n) is 10.2. The SMILES string of the molecule is CC[Si](C)=[Zr+2].[Cl-].[Cl-].c1cc[cH-]c1.c1cc[cH-]c1. The van der Waals surface area contributed by atoms with E-state index < -0.39 is 0 Å². The number of rotatable bonds is 1. The van der Waals surface area contributed by atoms with Gasteiger partial charge in [-0.15, -0.1) is 0 Å². The maximum atomic E-state index is 2.36. The van der Waals surface area contributed by atoms with E-state index in [2.05, 4.69) is 13.5 Å². The average molecular weight is 365 g/mol. The largest absolute Gasteiger partial charge is 1.00 e. The van der Waals surface area contributed by atoms with Crippen molar-refractivity contribution in [3.63, 3.8) is 0 Å². The van der Waals surface area contributed by atoms with Gasteiger partial charge in [0.15, 0.2) is 0 Å². The van der Waals surface area contributed by atoms with Gasteiger partial charge in [-0.2, -0.15) is 36.4 Å². The van der Waals surface area contributed by atoms with E-state index >= 15 is 0 Å². The second kappa shape index (κ2) is 18.7. The molecule has 94 valence electrons. The van der Waals surface area contributed by atoms with Crippen LogP contribution in [0.5, 0.6) is 0 Å². The molecule has 0 spiro atoms. The second-order valence-electron chi connectivity index (χ2n) is 3.06. The van der Waals surface area contributed by atoms with Crippen LogP contribution in [0.2, 0.25) is 12.6 Å². The van der Waals surface area contributed by atoms with E-state index in [0.29, 0.717) is 0 Å². The van der Waals surface area contributed by atoms with Gasteiger partial charge in [0.25, 0.3) is 0 Å². The normalized spacial score (nSPS) is 7.06. The van der Waals surface area contributed by atoms with Crippen molar-refractivity contribution in [1.29, 1.82) is 0 Å². The van der Waals surface area contributed by atoms with Gasteiger partial charge >= 0.3 is 48.3 Å². The van der Waals surface area contributed by atoms with Crippen LogP contribution >= 0.6 is 0 Å². The second-order valence-corrected chi connectivity index (χ2v) is 11.6. The molecule has 4 heteroatoms. The molecular formula is C13H18Cl2SiZr-2. The first-order valence-electron chi connectivity index (χ1n) is 5.14. The smallest absolute Gasteiger partial charge is 0.172 e. The van der Waals surface area contributed by atoms with Gasteiger partial charge in [0.2, 0.25) is 0 Å². The van der Waals surface area contributed by atoms with Crippen LogP contribution < -0.4 is 24.8 Å². The van der Waals surface area contributed by atoms with E-state index in [1.165, 1.54) is 6.04 Å². The molecule has 0 N–H and O–H groups in total. The van der Waals surface area contributed by atoms with Crippen LogP contribution in [0.1, 0.15) is 6.92 Å². The molecule has 17 heavy (non-hydrogen) atoms. The minimum atomic E-state index is 0. The first-order valence-corrected chi connectivity index (χ1v) is 11.0. The summed E-state index contributed by atoms with van der Waals surface area (Å²) < 4.78 is 0. The molecule has 0 aliphatic carbocycles. The van der Waals surface area contributed by atoms with Gasteiger partial charge in [-0.1, -0.05) is 0 Å². The van der Waals surface area contributed by atoms with Crippen LogP contribution in [-0.4, -0.2) is 5.43 Å². The average Bonchev–Trinajstić information content (AvgIpc) is 2.96. The van der Waals surface area contributed by atoms with Crippen LogP contribution in [-0.2, 0) is 23.3 Å². The molecule has 0 bridgehead atoms. The molecule has 0 atom stereocenters. The third-order valence-corrected chi connectivity index (χ3v) is 5.31. The summed E-state index contributed by atoms with van der Waals surface area (Å²) >= 11 is 1.77. The molecule has 0 aliphatic rings. The molecule has 2 aromatic carbocycles. The summed E-state index contributed by atoms with van der Waals surface area (Å²) in [7, 11) is 0. The fourth-order valence-electron chi connectivity index (χ4n) is 0.642. The van der Waals surface area contributed by atoms with Gasteiger partial charge in [0.1, 0.15) is 0 Å². The van der Waals surface area contributed by atoms with Crippen molar-refractivity contribution >= 4 is 5.43 Å². The Bertz CT molecular complexity index is 243. The molecule has 0 saturated carbocycles. The standard InChI is InChI=1S/2C5H5.C3H8Si.2ClH.Zr/c2*1-2-4-5-3-1;1-3-4-2;;;/h2*1-5H;3H2,1-2H3;2*1H;/q2*-1;;;;+2/p-2. The topological polar surface area (TPSA) is 0 Å². The predicted octanol–water partition coefficient (Wildman–Crippen LogP) is -2.01. The monoisotopic (exact) mass is 362 g/mol. The summed E-state index contributed by atoms with van der Waals surface area (Å²) in [4.78, 5) is 0. The number of hydrogen-bond acceptors (Lipinski definition) is 0. The van der Waals surface area contributed by atoms with Crippen LogP contribution in [0.15, 0.2) is 60.7 Å². The van der Waals surface area contributed by atoms with E-state index in [4.69, 9.17) is 0 Å². The Morgan fingerprint density at radius 2 is 1.12 bits per heavy atom. The molecule has 0 unspecified atom stereocenters. The zero-order chi connectivity index (χ0) is 11.4. The van der Waals surface area contributed by atoms with E-state index in [-0.39, 0.29) is 30.2 Å². The van der Waals surface area contributed by atoms with E-state index in [9.17, 15) is 0 Å². The quantitative estimate of drug-likeness (QED) is 0.405. The third-order valence-electron chi connectivity index (χ3n) is 1.64. The summed E-state index contributed by atoms with van der Waals surface area (Å²) in [6.07, 6.45) is 0. The fraction of sp³-hybridized carbons (Fsp3) is 0.231. The van der Waals surface area contributed by atoms with Gasteiger partial charge < -0.3 is 24.8 Å². The van der Waals surface area contributed by atoms with Crippen molar-refractivity contribution < 1.29 is 48.1 Å². The Hall–Kier alpha value is 0.380. The zero-order valence-corrected chi connectivity index (χ0v) is 15.2. The Morgan fingerprint density at radius 3 is 1.18 bits per heavy atom. The van der Waals surface area contributed by atoms with Crippen LogP contribution in [0, 0.1) is 0 Å². The molecular weight excluding hydrogens is 346 g/mol. The van der Waals surface area contributed by atoms with Crippen LogP contribution in [0.4, 0.5) is 0 Å². The summed E-state index contributed by atoms with van der Waals surface area (Å²) in [5.74, 6) is 0. The van der Waals surface area contributed by atoms with Gasteiger partial charge in [0.05, 0.1) is 0 Å². The van der Waals surface area contributed by atoms with Crippen molar-refractivity contribution in [1.82, 2.24) is 0 Å². The molecule has 0 amide bonds. The number of hydrogen-bond donors (Lipinski definition) is 0. The number of halogens is 2. The van der Waals surface area contributed by atoms with Gasteiger partial charge in [-0.25, -0.2) is 24.3 Å². The summed E-state index contributed by atoms with van der Waals surface area (Å²) in [6, 6.07) is 21.4. The van der Waals surface area contributed by atoms with Crippen molar-refractivity contribution in [2.24, 2.45) is 0 Å². The third kappa shape index (κ3) is 22.1. The molecule has 0 saturated heterocycles. The molecule has 0 aliphatic heterocycles. The maximum absolute atomic E-state index is 2.36. The van der Waals surface area contributed by atoms with Crippen molar-refractivity contribution in [2.75, 3.05) is 0 Å².